The molecular weight excluding hydrogens is 239 g/mol. The van der Waals surface area contributed by atoms with Gasteiger partial charge in [0.25, 0.3) is 0 Å². The van der Waals surface area contributed by atoms with Gasteiger partial charge in [-0.15, -0.1) is 0 Å². The van der Waals surface area contributed by atoms with Crippen LogP contribution in [0.5, 0.6) is 0 Å². The maximum Gasteiger partial charge on any atom is 0.193 e. The summed E-state index contributed by atoms with van der Waals surface area (Å²) in [7, 11) is 0. The Balaban J connectivity index is 2.04. The van der Waals surface area contributed by atoms with Crippen LogP contribution in [-0.4, -0.2) is 5.78 Å². The second kappa shape index (κ2) is 4.65. The average molecular weight is 250 g/mol. The van der Waals surface area contributed by atoms with Gasteiger partial charge in [0.2, 0.25) is 0 Å². The monoisotopic (exact) mass is 250 g/mol. The summed E-state index contributed by atoms with van der Waals surface area (Å²) in [6.07, 6.45) is 0. The van der Waals surface area contributed by atoms with E-state index in [2.05, 4.69) is 0 Å². The molecule has 92 valence electrons. The van der Waals surface area contributed by atoms with Crippen molar-refractivity contribution in [2.75, 3.05) is 0 Å². The SMILES string of the molecule is O=C(c1ccc(F)cc1)c1ccc2ccccc2c1. The lowest BCUT2D eigenvalue weighted by atomic mass is 10.00. The van der Waals surface area contributed by atoms with Crippen LogP contribution < -0.4 is 0 Å². The number of hydrogen-bond donors (Lipinski definition) is 0. The van der Waals surface area contributed by atoms with Gasteiger partial charge in [-0.05, 0) is 41.1 Å². The van der Waals surface area contributed by atoms with E-state index in [1.54, 1.807) is 6.07 Å². The van der Waals surface area contributed by atoms with Crippen LogP contribution in [0.1, 0.15) is 15.9 Å². The smallest absolute Gasteiger partial charge is 0.193 e. The van der Waals surface area contributed by atoms with Crippen molar-refractivity contribution in [1.82, 2.24) is 0 Å². The fourth-order valence-electron chi connectivity index (χ4n) is 2.10. The fourth-order valence-corrected chi connectivity index (χ4v) is 2.10. The molecule has 0 heterocycles. The van der Waals surface area contributed by atoms with Gasteiger partial charge >= 0.3 is 0 Å². The van der Waals surface area contributed by atoms with E-state index in [1.807, 2.05) is 36.4 Å². The summed E-state index contributed by atoms with van der Waals surface area (Å²) in [6.45, 7) is 0. The molecule has 0 aromatic heterocycles. The van der Waals surface area contributed by atoms with Gasteiger partial charge in [-0.2, -0.15) is 0 Å². The van der Waals surface area contributed by atoms with Crippen molar-refractivity contribution < 1.29 is 9.18 Å². The van der Waals surface area contributed by atoms with Crippen LogP contribution in [0.2, 0.25) is 0 Å². The molecule has 0 aliphatic heterocycles. The summed E-state index contributed by atoms with van der Waals surface area (Å²) in [5, 5.41) is 2.12. The molecule has 0 aliphatic carbocycles. The first-order chi connectivity index (χ1) is 9.24. The molecule has 2 heteroatoms. The maximum atomic E-state index is 12.8. The summed E-state index contributed by atoms with van der Waals surface area (Å²) in [5.74, 6) is -0.430. The lowest BCUT2D eigenvalue weighted by Gasteiger charge is -2.03. The third kappa shape index (κ3) is 2.25. The Labute approximate surface area is 110 Å². The lowest BCUT2D eigenvalue weighted by molar-refractivity contribution is 0.103. The van der Waals surface area contributed by atoms with E-state index in [-0.39, 0.29) is 11.6 Å². The molecule has 0 unspecified atom stereocenters. The van der Waals surface area contributed by atoms with Crippen LogP contribution in [0.25, 0.3) is 10.8 Å². The van der Waals surface area contributed by atoms with Crippen LogP contribution in [0.3, 0.4) is 0 Å². The molecule has 3 aromatic rings. The van der Waals surface area contributed by atoms with Gasteiger partial charge in [-0.25, -0.2) is 4.39 Å². The molecule has 0 spiro atoms. The zero-order valence-electron chi connectivity index (χ0n) is 10.1. The van der Waals surface area contributed by atoms with Crippen molar-refractivity contribution in [3.63, 3.8) is 0 Å². The quantitative estimate of drug-likeness (QED) is 0.623. The van der Waals surface area contributed by atoms with Crippen molar-refractivity contribution in [2.45, 2.75) is 0 Å². The van der Waals surface area contributed by atoms with Gasteiger partial charge in [0.1, 0.15) is 5.82 Å². The van der Waals surface area contributed by atoms with Crippen molar-refractivity contribution in [3.8, 4) is 0 Å². The third-order valence-electron chi connectivity index (χ3n) is 3.12. The Hall–Kier alpha value is -2.48. The van der Waals surface area contributed by atoms with Gasteiger partial charge in [-0.3, -0.25) is 4.79 Å². The highest BCUT2D eigenvalue weighted by Crippen LogP contribution is 2.18. The van der Waals surface area contributed by atoms with E-state index in [0.717, 1.165) is 10.8 Å². The Morgan fingerprint density at radius 1 is 0.737 bits per heavy atom. The molecule has 3 rings (SSSR count). The van der Waals surface area contributed by atoms with Crippen LogP contribution >= 0.6 is 0 Å². The number of benzene rings is 3. The number of halogens is 1. The van der Waals surface area contributed by atoms with E-state index in [9.17, 15) is 9.18 Å². The Bertz CT molecular complexity index is 745. The normalized spacial score (nSPS) is 10.6. The van der Waals surface area contributed by atoms with E-state index in [0.29, 0.717) is 11.1 Å². The molecule has 1 nitrogen and oxygen atoms in total. The molecule has 0 amide bonds. The summed E-state index contributed by atoms with van der Waals surface area (Å²) in [5.41, 5.74) is 1.11. The third-order valence-corrected chi connectivity index (χ3v) is 3.12. The minimum absolute atomic E-state index is 0.0919. The Morgan fingerprint density at radius 3 is 2.11 bits per heavy atom. The topological polar surface area (TPSA) is 17.1 Å². The first-order valence-electron chi connectivity index (χ1n) is 6.03. The summed E-state index contributed by atoms with van der Waals surface area (Å²) >= 11 is 0. The van der Waals surface area contributed by atoms with Gasteiger partial charge < -0.3 is 0 Å². The molecule has 0 saturated heterocycles. The van der Waals surface area contributed by atoms with Crippen molar-refractivity contribution in [2.24, 2.45) is 0 Å². The molecule has 3 aromatic carbocycles. The zero-order chi connectivity index (χ0) is 13.2. The molecule has 0 aliphatic rings. The predicted molar refractivity (Wildman–Crippen MR) is 73.8 cm³/mol. The number of carbonyl (C=O) groups excluding carboxylic acids is 1. The zero-order valence-corrected chi connectivity index (χ0v) is 10.1. The predicted octanol–water partition coefficient (Wildman–Crippen LogP) is 4.21. The highest BCUT2D eigenvalue weighted by Gasteiger charge is 2.09. The standard InChI is InChI=1S/C17H11FO/c18-16-9-7-13(8-10-16)17(19)15-6-5-12-3-1-2-4-14(12)11-15/h1-11H. The van der Waals surface area contributed by atoms with Gasteiger partial charge in [0.15, 0.2) is 5.78 Å². The minimum Gasteiger partial charge on any atom is -0.289 e. The highest BCUT2D eigenvalue weighted by molar-refractivity contribution is 6.10. The number of ketones is 1. The van der Waals surface area contributed by atoms with Gasteiger partial charge in [0, 0.05) is 11.1 Å². The molecule has 0 atom stereocenters. The van der Waals surface area contributed by atoms with E-state index >= 15 is 0 Å². The van der Waals surface area contributed by atoms with Gasteiger partial charge in [0.05, 0.1) is 0 Å². The second-order valence-electron chi connectivity index (χ2n) is 4.40. The minimum atomic E-state index is -0.338. The lowest BCUT2D eigenvalue weighted by Crippen LogP contribution is -2.01. The molecule has 0 N–H and O–H groups in total. The Kier molecular flexibility index (Phi) is 2.84. The largest absolute Gasteiger partial charge is 0.289 e. The number of carbonyl (C=O) groups is 1. The number of rotatable bonds is 2. The Morgan fingerprint density at radius 2 is 1.37 bits per heavy atom. The van der Waals surface area contributed by atoms with E-state index in [4.69, 9.17) is 0 Å². The summed E-state index contributed by atoms with van der Waals surface area (Å²) < 4.78 is 12.8. The fraction of sp³-hybridized carbons (Fsp3) is 0. The highest BCUT2D eigenvalue weighted by atomic mass is 19.1. The van der Waals surface area contributed by atoms with E-state index < -0.39 is 0 Å². The molecule has 0 radical (unpaired) electrons. The van der Waals surface area contributed by atoms with Crippen LogP contribution in [0.15, 0.2) is 66.7 Å². The second-order valence-corrected chi connectivity index (χ2v) is 4.40. The van der Waals surface area contributed by atoms with Crippen molar-refractivity contribution >= 4 is 16.6 Å². The summed E-state index contributed by atoms with van der Waals surface area (Å²) in [4.78, 5) is 12.3. The molecular formula is C17H11FO. The van der Waals surface area contributed by atoms with Crippen LogP contribution in [0, 0.1) is 5.82 Å². The molecule has 0 saturated carbocycles. The van der Waals surface area contributed by atoms with Crippen molar-refractivity contribution in [3.05, 3.63) is 83.7 Å². The van der Waals surface area contributed by atoms with Crippen LogP contribution in [0.4, 0.5) is 4.39 Å². The number of hydrogen-bond acceptors (Lipinski definition) is 1. The molecule has 0 bridgehead atoms. The number of fused-ring (bicyclic) bond motifs is 1. The maximum absolute atomic E-state index is 12.8. The first kappa shape index (κ1) is 11.6. The molecule has 19 heavy (non-hydrogen) atoms. The van der Waals surface area contributed by atoms with Crippen molar-refractivity contribution in [1.29, 1.82) is 0 Å². The summed E-state index contributed by atoms with van der Waals surface area (Å²) in [6, 6.07) is 19.1. The van der Waals surface area contributed by atoms with Crippen LogP contribution in [-0.2, 0) is 0 Å². The first-order valence-corrected chi connectivity index (χ1v) is 6.03. The average Bonchev–Trinajstić information content (AvgIpc) is 2.47. The van der Waals surface area contributed by atoms with Gasteiger partial charge in [-0.1, -0.05) is 36.4 Å². The molecule has 0 fully saturated rings. The van der Waals surface area contributed by atoms with E-state index in [1.165, 1.54) is 24.3 Å².